The van der Waals surface area contributed by atoms with Crippen molar-refractivity contribution in [3.8, 4) is 0 Å². The van der Waals surface area contributed by atoms with Crippen molar-refractivity contribution in [2.45, 2.75) is 13.8 Å². The molecule has 0 atom stereocenters. The fourth-order valence-corrected chi connectivity index (χ4v) is 0. The highest BCUT2D eigenvalue weighted by atomic mass is 16.4. The summed E-state index contributed by atoms with van der Waals surface area (Å²) in [6, 6.07) is 0. The van der Waals surface area contributed by atoms with E-state index >= 15 is 0 Å². The van der Waals surface area contributed by atoms with Gasteiger partial charge in [-0.1, -0.05) is 0 Å². The lowest BCUT2D eigenvalue weighted by atomic mass is 10.9. The number of hydrogen-bond acceptors (Lipinski definition) is 3. The monoisotopic (exact) mass is 179 g/mol. The molecule has 0 aromatic carbocycles. The van der Waals surface area contributed by atoms with Gasteiger partial charge >= 0.3 is 0 Å². The van der Waals surface area contributed by atoms with Crippen molar-refractivity contribution >= 4 is 17.9 Å². The summed E-state index contributed by atoms with van der Waals surface area (Å²) < 4.78 is 0. The van der Waals surface area contributed by atoms with Crippen molar-refractivity contribution in [1.29, 1.82) is 5.41 Å². The fraction of sp³-hybridized carbons (Fsp3) is 0.400. The summed E-state index contributed by atoms with van der Waals surface area (Å²) in [5.41, 5.74) is 8.94. The van der Waals surface area contributed by atoms with Crippen LogP contribution in [0.25, 0.3) is 0 Å². The van der Waals surface area contributed by atoms with Crippen LogP contribution in [0, 0.1) is 5.41 Å². The number of hydrogen-bond donors (Lipinski definition) is 5. The predicted molar refractivity (Wildman–Crippen MR) is 42.7 cm³/mol. The number of nitrogens with one attached hydrogen (secondary N) is 1. The van der Waals surface area contributed by atoms with Gasteiger partial charge in [0.15, 0.2) is 5.96 Å². The maximum atomic E-state index is 9.00. The summed E-state index contributed by atoms with van der Waals surface area (Å²) in [5.74, 6) is -2.00. The second kappa shape index (κ2) is 11.9. The first-order chi connectivity index (χ1) is 5.20. The zero-order valence-corrected chi connectivity index (χ0v) is 6.87. The third kappa shape index (κ3) is 133. The highest BCUT2D eigenvalue weighted by molar-refractivity contribution is 5.71. The van der Waals surface area contributed by atoms with E-state index in [2.05, 4.69) is 11.5 Å². The molecule has 0 aliphatic heterocycles. The molecule has 0 aromatic heterocycles. The molecule has 0 bridgehead atoms. The summed E-state index contributed by atoms with van der Waals surface area (Å²) in [6.07, 6.45) is 0. The average molecular weight is 179 g/mol. The van der Waals surface area contributed by atoms with Gasteiger partial charge in [-0.25, -0.2) is 0 Å². The maximum Gasteiger partial charge on any atom is 0.300 e. The lowest BCUT2D eigenvalue weighted by Crippen LogP contribution is -2.20. The summed E-state index contributed by atoms with van der Waals surface area (Å²) in [5, 5.41) is 20.9. The Kier molecular flexibility index (Phi) is 16.6. The van der Waals surface area contributed by atoms with Crippen LogP contribution in [0.5, 0.6) is 0 Å². The quantitative estimate of drug-likeness (QED) is 0.238. The Labute approximate surface area is 69.5 Å². The smallest absolute Gasteiger partial charge is 0.300 e. The predicted octanol–water partition coefficient (Wildman–Crippen LogP) is -0.980. The number of rotatable bonds is 0. The molecule has 0 saturated heterocycles. The first-order valence-corrected chi connectivity index (χ1v) is 2.68. The first kappa shape index (κ1) is 16.7. The summed E-state index contributed by atoms with van der Waals surface area (Å²) in [6.45, 7) is 2.17. The molecule has 72 valence electrons. The lowest BCUT2D eigenvalue weighted by molar-refractivity contribution is -0.135. The van der Waals surface area contributed by atoms with Crippen LogP contribution in [0.3, 0.4) is 0 Å². The van der Waals surface area contributed by atoms with Crippen LogP contribution in [0.4, 0.5) is 0 Å². The second-order valence-corrected chi connectivity index (χ2v) is 1.49. The average Bonchev–Trinajstić information content (AvgIpc) is 1.54. The van der Waals surface area contributed by atoms with Gasteiger partial charge in [0, 0.05) is 13.8 Å². The standard InChI is InChI=1S/2C2H4O2.CH5N3/c2*1-2(3)4;2-1(3)4/h2*1H3,(H,3,4);(H5,2,3,4). The van der Waals surface area contributed by atoms with E-state index in [1.165, 1.54) is 0 Å². The molecule has 0 unspecified atom stereocenters. The Morgan fingerprint density at radius 1 is 1.08 bits per heavy atom. The van der Waals surface area contributed by atoms with E-state index in [4.69, 9.17) is 25.2 Å². The van der Waals surface area contributed by atoms with Crippen molar-refractivity contribution in [1.82, 2.24) is 0 Å². The molecule has 12 heavy (non-hydrogen) atoms. The van der Waals surface area contributed by atoms with Gasteiger partial charge in [-0.2, -0.15) is 0 Å². The molecule has 0 radical (unpaired) electrons. The minimum Gasteiger partial charge on any atom is -0.481 e. The number of guanidine groups is 1. The molecule has 0 rings (SSSR count). The van der Waals surface area contributed by atoms with Gasteiger partial charge in [0.05, 0.1) is 0 Å². The van der Waals surface area contributed by atoms with Crippen molar-refractivity contribution in [3.05, 3.63) is 0 Å². The Hall–Kier alpha value is -1.79. The molecular formula is C5H13N3O4. The Balaban J connectivity index is -0.000000101. The molecule has 0 aromatic rings. The van der Waals surface area contributed by atoms with Crippen LogP contribution < -0.4 is 11.5 Å². The van der Waals surface area contributed by atoms with Gasteiger partial charge in [0.2, 0.25) is 0 Å². The number of carboxylic acid groups (broad SMARTS) is 2. The van der Waals surface area contributed by atoms with Gasteiger partial charge in [0.25, 0.3) is 11.9 Å². The van der Waals surface area contributed by atoms with Crippen molar-refractivity contribution in [2.24, 2.45) is 11.5 Å². The second-order valence-electron chi connectivity index (χ2n) is 1.49. The van der Waals surface area contributed by atoms with Crippen molar-refractivity contribution < 1.29 is 19.8 Å². The highest BCUT2D eigenvalue weighted by Gasteiger charge is 1.65. The fourth-order valence-electron chi connectivity index (χ4n) is 0. The first-order valence-electron chi connectivity index (χ1n) is 2.68. The van der Waals surface area contributed by atoms with E-state index in [-0.39, 0.29) is 5.96 Å². The number of aliphatic carboxylic acids is 2. The number of nitrogens with two attached hydrogens (primary N) is 2. The van der Waals surface area contributed by atoms with E-state index in [1.54, 1.807) is 0 Å². The van der Waals surface area contributed by atoms with Crippen LogP contribution >= 0.6 is 0 Å². The summed E-state index contributed by atoms with van der Waals surface area (Å²) >= 11 is 0. The van der Waals surface area contributed by atoms with Crippen LogP contribution in [0.1, 0.15) is 13.8 Å². The van der Waals surface area contributed by atoms with Gasteiger partial charge in [0.1, 0.15) is 0 Å². The van der Waals surface area contributed by atoms with E-state index in [0.29, 0.717) is 0 Å². The molecule has 7 N–H and O–H groups in total. The summed E-state index contributed by atoms with van der Waals surface area (Å²) in [4.78, 5) is 18.0. The molecule has 0 amide bonds. The molecule has 7 nitrogen and oxygen atoms in total. The van der Waals surface area contributed by atoms with Gasteiger partial charge in [-0.05, 0) is 0 Å². The van der Waals surface area contributed by atoms with E-state index < -0.39 is 11.9 Å². The molecular weight excluding hydrogens is 166 g/mol. The van der Waals surface area contributed by atoms with Gasteiger partial charge < -0.3 is 21.7 Å². The van der Waals surface area contributed by atoms with E-state index in [0.717, 1.165) is 13.8 Å². The molecule has 0 aliphatic carbocycles. The Morgan fingerprint density at radius 2 is 1.08 bits per heavy atom. The third-order valence-electron chi connectivity index (χ3n) is 0. The van der Waals surface area contributed by atoms with Crippen LogP contribution in [0.15, 0.2) is 0 Å². The summed E-state index contributed by atoms with van der Waals surface area (Å²) in [7, 11) is 0. The van der Waals surface area contributed by atoms with Gasteiger partial charge in [-0.15, -0.1) is 0 Å². The zero-order valence-electron chi connectivity index (χ0n) is 6.87. The Bertz CT molecular complexity index is 116. The molecule has 0 aliphatic rings. The normalized spacial score (nSPS) is 6.17. The maximum absolute atomic E-state index is 9.00. The Morgan fingerprint density at radius 3 is 1.08 bits per heavy atom. The van der Waals surface area contributed by atoms with E-state index in [1.807, 2.05) is 0 Å². The molecule has 0 spiro atoms. The van der Waals surface area contributed by atoms with Crippen molar-refractivity contribution in [2.75, 3.05) is 0 Å². The van der Waals surface area contributed by atoms with E-state index in [9.17, 15) is 0 Å². The van der Waals surface area contributed by atoms with Gasteiger partial charge in [-0.3, -0.25) is 15.0 Å². The minimum absolute atomic E-state index is 0.333. The topological polar surface area (TPSA) is 150 Å². The van der Waals surface area contributed by atoms with Crippen molar-refractivity contribution in [3.63, 3.8) is 0 Å². The molecule has 0 heterocycles. The number of carbonyl (C=O) groups is 2. The minimum atomic E-state index is -0.833. The third-order valence-corrected chi connectivity index (χ3v) is 0. The lowest BCUT2D eigenvalue weighted by Gasteiger charge is -1.69. The number of carboxylic acids is 2. The van der Waals surface area contributed by atoms with Crippen LogP contribution in [0.2, 0.25) is 0 Å². The largest absolute Gasteiger partial charge is 0.481 e. The zero-order chi connectivity index (χ0) is 10.7. The molecule has 7 heteroatoms. The van der Waals surface area contributed by atoms with Crippen LogP contribution in [-0.2, 0) is 9.59 Å². The molecule has 0 saturated carbocycles. The SMILES string of the molecule is CC(=O)O.CC(=O)O.N=C(N)N. The highest BCUT2D eigenvalue weighted by Crippen LogP contribution is 1.42. The van der Waals surface area contributed by atoms with Crippen LogP contribution in [-0.4, -0.2) is 28.1 Å². The molecule has 0 fully saturated rings.